The number of hydrogen-bond donors (Lipinski definition) is 1. The van der Waals surface area contributed by atoms with Crippen LogP contribution in [0.5, 0.6) is 0 Å². The first-order valence-electron chi connectivity index (χ1n) is 10.8. The van der Waals surface area contributed by atoms with E-state index in [2.05, 4.69) is 15.4 Å². The van der Waals surface area contributed by atoms with Crippen LogP contribution >= 0.6 is 0 Å². The van der Waals surface area contributed by atoms with Gasteiger partial charge in [-0.25, -0.2) is 0 Å². The molecular formula is C21H32N4O3. The van der Waals surface area contributed by atoms with Gasteiger partial charge in [0.15, 0.2) is 0 Å². The number of carbonyl (C=O) groups excluding carboxylic acids is 2. The molecule has 1 N–H and O–H groups in total. The third-order valence-electron chi connectivity index (χ3n) is 6.75. The van der Waals surface area contributed by atoms with E-state index in [0.29, 0.717) is 24.1 Å². The van der Waals surface area contributed by atoms with Crippen LogP contribution in [0.4, 0.5) is 0 Å². The van der Waals surface area contributed by atoms with Gasteiger partial charge in [-0.3, -0.25) is 9.59 Å². The van der Waals surface area contributed by atoms with Gasteiger partial charge in [-0.2, -0.15) is 0 Å². The first-order valence-corrected chi connectivity index (χ1v) is 10.8. The summed E-state index contributed by atoms with van der Waals surface area (Å²) in [6, 6.07) is 1.81. The third kappa shape index (κ3) is 4.40. The molecule has 7 heteroatoms. The van der Waals surface area contributed by atoms with Gasteiger partial charge in [-0.1, -0.05) is 11.6 Å². The predicted molar refractivity (Wildman–Crippen MR) is 105 cm³/mol. The van der Waals surface area contributed by atoms with Crippen LogP contribution in [0.25, 0.3) is 0 Å². The maximum atomic E-state index is 12.6. The number of aromatic nitrogens is 1. The van der Waals surface area contributed by atoms with E-state index in [-0.39, 0.29) is 24.2 Å². The average Bonchev–Trinajstić information content (AvgIpc) is 3.08. The van der Waals surface area contributed by atoms with Gasteiger partial charge < -0.3 is 19.6 Å². The van der Waals surface area contributed by atoms with Gasteiger partial charge in [0.2, 0.25) is 11.8 Å². The standard InChI is InChI=1S/C21H32N4O3/c1-15-11-17(28-23-15)13-20(26)25-9-5-16-12-18(19(16)14-25)21(27)22-6-10-24-7-3-2-4-8-24/h11,16,18-19H,2-10,12-14H2,1H3,(H,22,27)/t16-,18-,19-/m1/s1. The number of carbonyl (C=O) groups is 2. The Hall–Kier alpha value is -1.89. The van der Waals surface area contributed by atoms with Crippen molar-refractivity contribution in [2.24, 2.45) is 17.8 Å². The minimum Gasteiger partial charge on any atom is -0.361 e. The summed E-state index contributed by atoms with van der Waals surface area (Å²) in [4.78, 5) is 29.6. The molecule has 0 unspecified atom stereocenters. The zero-order valence-corrected chi connectivity index (χ0v) is 16.9. The maximum Gasteiger partial charge on any atom is 0.230 e. The molecule has 0 bridgehead atoms. The summed E-state index contributed by atoms with van der Waals surface area (Å²) in [5.41, 5.74) is 0.793. The van der Waals surface area contributed by atoms with Crippen LogP contribution in [-0.2, 0) is 16.0 Å². The Balaban J connectivity index is 1.22. The Kier molecular flexibility index (Phi) is 5.99. The Labute approximate surface area is 166 Å². The lowest BCUT2D eigenvalue weighted by molar-refractivity contribution is -0.145. The van der Waals surface area contributed by atoms with Gasteiger partial charge in [0.1, 0.15) is 5.76 Å². The van der Waals surface area contributed by atoms with Crippen molar-refractivity contribution in [2.45, 2.75) is 45.4 Å². The van der Waals surface area contributed by atoms with Crippen molar-refractivity contribution in [3.05, 3.63) is 17.5 Å². The van der Waals surface area contributed by atoms with Gasteiger partial charge in [0, 0.05) is 38.2 Å². The first kappa shape index (κ1) is 19.4. The number of fused-ring (bicyclic) bond motifs is 1. The van der Waals surface area contributed by atoms with Crippen LogP contribution in [-0.4, -0.2) is 66.0 Å². The van der Waals surface area contributed by atoms with Crippen LogP contribution in [0.2, 0.25) is 0 Å². The zero-order chi connectivity index (χ0) is 19.5. The molecule has 154 valence electrons. The molecule has 3 atom stereocenters. The smallest absolute Gasteiger partial charge is 0.230 e. The van der Waals surface area contributed by atoms with E-state index in [0.717, 1.165) is 51.3 Å². The van der Waals surface area contributed by atoms with Crippen molar-refractivity contribution >= 4 is 11.8 Å². The highest BCUT2D eigenvalue weighted by Gasteiger charge is 2.48. The lowest BCUT2D eigenvalue weighted by Crippen LogP contribution is -2.56. The average molecular weight is 389 g/mol. The monoisotopic (exact) mass is 388 g/mol. The van der Waals surface area contributed by atoms with Crippen LogP contribution in [0.1, 0.15) is 43.6 Å². The van der Waals surface area contributed by atoms with Crippen molar-refractivity contribution in [3.8, 4) is 0 Å². The highest BCUT2D eigenvalue weighted by molar-refractivity contribution is 5.81. The van der Waals surface area contributed by atoms with E-state index < -0.39 is 0 Å². The maximum absolute atomic E-state index is 12.6. The van der Waals surface area contributed by atoms with Crippen molar-refractivity contribution < 1.29 is 14.1 Å². The molecule has 3 aliphatic rings. The molecule has 1 aliphatic carbocycles. The molecule has 2 aliphatic heterocycles. The molecule has 3 heterocycles. The normalized spacial score (nSPS) is 27.8. The van der Waals surface area contributed by atoms with E-state index >= 15 is 0 Å². The molecule has 0 aromatic carbocycles. The summed E-state index contributed by atoms with van der Waals surface area (Å²) in [6.45, 7) is 7.34. The third-order valence-corrected chi connectivity index (χ3v) is 6.75. The predicted octanol–water partition coefficient (Wildman–Crippen LogP) is 1.61. The Bertz CT molecular complexity index is 698. The molecule has 3 fully saturated rings. The topological polar surface area (TPSA) is 78.7 Å². The van der Waals surface area contributed by atoms with E-state index in [9.17, 15) is 9.59 Å². The lowest BCUT2D eigenvalue weighted by Gasteiger charge is -2.50. The molecule has 0 radical (unpaired) electrons. The second kappa shape index (κ2) is 8.64. The van der Waals surface area contributed by atoms with Gasteiger partial charge in [-0.15, -0.1) is 0 Å². The quantitative estimate of drug-likeness (QED) is 0.801. The number of hydrogen-bond acceptors (Lipinski definition) is 5. The number of piperidine rings is 2. The summed E-state index contributed by atoms with van der Waals surface area (Å²) >= 11 is 0. The van der Waals surface area contributed by atoms with Crippen molar-refractivity contribution in [3.63, 3.8) is 0 Å². The number of rotatable bonds is 6. The van der Waals surface area contributed by atoms with Gasteiger partial charge in [-0.05, 0) is 57.5 Å². The summed E-state index contributed by atoms with van der Waals surface area (Å²) in [7, 11) is 0. The Morgan fingerprint density at radius 2 is 2.07 bits per heavy atom. The Morgan fingerprint density at radius 1 is 1.25 bits per heavy atom. The molecule has 1 aromatic rings. The molecule has 1 saturated carbocycles. The van der Waals surface area contributed by atoms with E-state index in [1.807, 2.05) is 17.9 Å². The first-order chi connectivity index (χ1) is 13.6. The molecule has 1 aromatic heterocycles. The van der Waals surface area contributed by atoms with Gasteiger partial charge in [0.25, 0.3) is 0 Å². The van der Waals surface area contributed by atoms with Crippen molar-refractivity contribution in [1.29, 1.82) is 0 Å². The van der Waals surface area contributed by atoms with Crippen LogP contribution in [0, 0.1) is 24.7 Å². The van der Waals surface area contributed by atoms with Crippen molar-refractivity contribution in [1.82, 2.24) is 20.3 Å². The molecule has 2 amide bonds. The molecule has 4 rings (SSSR count). The van der Waals surface area contributed by atoms with E-state index in [1.54, 1.807) is 0 Å². The summed E-state index contributed by atoms with van der Waals surface area (Å²) < 4.78 is 5.18. The highest BCUT2D eigenvalue weighted by Crippen LogP contribution is 2.45. The number of amides is 2. The number of nitrogens with one attached hydrogen (secondary N) is 1. The molecule has 0 spiro atoms. The molecule has 7 nitrogen and oxygen atoms in total. The van der Waals surface area contributed by atoms with Crippen LogP contribution < -0.4 is 5.32 Å². The van der Waals surface area contributed by atoms with E-state index in [4.69, 9.17) is 4.52 Å². The summed E-state index contributed by atoms with van der Waals surface area (Å²) in [6.07, 6.45) is 6.12. The summed E-state index contributed by atoms with van der Waals surface area (Å²) in [5, 5.41) is 6.99. The largest absolute Gasteiger partial charge is 0.361 e. The fourth-order valence-electron chi connectivity index (χ4n) is 5.02. The minimum atomic E-state index is 0.0643. The fourth-order valence-corrected chi connectivity index (χ4v) is 5.02. The van der Waals surface area contributed by atoms with E-state index in [1.165, 1.54) is 19.3 Å². The second-order valence-electron chi connectivity index (χ2n) is 8.70. The molecule has 28 heavy (non-hydrogen) atoms. The van der Waals surface area contributed by atoms with Gasteiger partial charge in [0.05, 0.1) is 12.1 Å². The SMILES string of the molecule is Cc1cc(CC(=O)N2CC[C@@H]3C[C@@H](C(=O)NCCN4CCCCC4)[C@@H]3C2)on1. The van der Waals surface area contributed by atoms with Gasteiger partial charge >= 0.3 is 0 Å². The van der Waals surface area contributed by atoms with Crippen molar-refractivity contribution in [2.75, 3.05) is 39.3 Å². The van der Waals surface area contributed by atoms with Crippen LogP contribution in [0.15, 0.2) is 10.6 Å². The zero-order valence-electron chi connectivity index (χ0n) is 16.9. The fraction of sp³-hybridized carbons (Fsp3) is 0.762. The number of aryl methyl sites for hydroxylation is 1. The molecule has 2 saturated heterocycles. The second-order valence-corrected chi connectivity index (χ2v) is 8.70. The minimum absolute atomic E-state index is 0.0643. The van der Waals surface area contributed by atoms with Crippen LogP contribution in [0.3, 0.4) is 0 Å². The highest BCUT2D eigenvalue weighted by atomic mass is 16.5. The molecular weight excluding hydrogens is 356 g/mol. The summed E-state index contributed by atoms with van der Waals surface area (Å²) in [5.74, 6) is 1.84. The number of likely N-dealkylation sites (tertiary alicyclic amines) is 2. The Morgan fingerprint density at radius 3 is 2.82 bits per heavy atom. The lowest BCUT2D eigenvalue weighted by atomic mass is 9.61. The number of nitrogens with zero attached hydrogens (tertiary/aromatic N) is 3.